The van der Waals surface area contributed by atoms with Gasteiger partial charge in [0.2, 0.25) is 0 Å². The summed E-state index contributed by atoms with van der Waals surface area (Å²) in [5.41, 5.74) is 29.5. The number of nitrogens with one attached hydrogen (secondary N) is 1. The Morgan fingerprint density at radius 2 is 0.860 bits per heavy atom. The van der Waals surface area contributed by atoms with E-state index in [2.05, 4.69) is 86.7 Å². The Morgan fingerprint density at radius 3 is 1.17 bits per heavy atom. The van der Waals surface area contributed by atoms with Crippen molar-refractivity contribution in [2.75, 3.05) is 72.2 Å². The second kappa shape index (κ2) is 44.0. The molecule has 0 aliphatic carbocycles. The van der Waals surface area contributed by atoms with Crippen molar-refractivity contribution in [3.8, 4) is 0 Å². The predicted octanol–water partition coefficient (Wildman–Crippen LogP) is 7.72. The number of azide groups is 3. The molecule has 0 bridgehead atoms. The minimum absolute atomic E-state index is 0.0848. The zero-order valence-corrected chi connectivity index (χ0v) is 62.2. The fourth-order valence-electron chi connectivity index (χ4n) is 9.53. The Kier molecular flexibility index (Phi) is 39.4. The van der Waals surface area contributed by atoms with Crippen LogP contribution in [0.25, 0.3) is 31.3 Å². The van der Waals surface area contributed by atoms with E-state index in [0.717, 1.165) is 41.5 Å². The Hall–Kier alpha value is -6.60. The van der Waals surface area contributed by atoms with Crippen LogP contribution in [0.15, 0.2) is 45.7 Å². The van der Waals surface area contributed by atoms with Gasteiger partial charge in [0.05, 0.1) is 26.4 Å². The van der Waals surface area contributed by atoms with Gasteiger partial charge in [-0.25, -0.2) is 13.9 Å². The summed E-state index contributed by atoms with van der Waals surface area (Å²) in [5, 5.41) is 12.7. The molecule has 3 N–H and O–H groups in total. The van der Waals surface area contributed by atoms with Crippen molar-refractivity contribution in [1.82, 2.24) is 15.1 Å². The van der Waals surface area contributed by atoms with Crippen LogP contribution >= 0.6 is 15.6 Å². The second-order valence-corrected chi connectivity index (χ2v) is 31.2. The lowest BCUT2D eigenvalue weighted by atomic mass is 9.97. The highest BCUT2D eigenvalue weighted by atomic mass is 31.2. The molecule has 100 heavy (non-hydrogen) atoms. The molecule has 42 heteroatoms. The smallest absolute Gasteiger partial charge is 0.458 e. The lowest BCUT2D eigenvalue weighted by Gasteiger charge is -2.45. The van der Waals surface area contributed by atoms with Crippen LogP contribution in [0.1, 0.15) is 109 Å². The normalized spacial score (nSPS) is 26.1. The standard InChI is InChI=1S/C46H68N10O27P2Si.2C6H15N/c1-23(57)73-36-30(79-42(33(51-54-47)39(36)76-26(4)60)68-18-17-50-45(63)69-19-29-15-13-12-14-16-29)20-70-84(64,65)82-43-34(52-55-48)40(77-27(5)61)37(74-24(2)58)31(80-43)21-71-85(66,67)83-44-35(53-56-49)41(78-28(6)62)38(75-25(3)59)32(81-44)22-72-86(10,11)46(7,8)9;2*1-4-7(5-2)6-3/h12-16,30-44H,17-22H2,1-11H3,(H,50,63)(H,64,65)(H,66,67);2*4-6H2,1-3H3/t30-,31-,32-,33+,34+,35+,36-,37-,38-,39-,40-,41-,42+,43-,44-;;/m1../s1. The molecule has 2 unspecified atom stereocenters. The van der Waals surface area contributed by atoms with Gasteiger partial charge in [0.15, 0.2) is 63.8 Å². The van der Waals surface area contributed by atoms with Crippen LogP contribution in [0.2, 0.25) is 18.1 Å². The highest BCUT2D eigenvalue weighted by Crippen LogP contribution is 2.51. The van der Waals surface area contributed by atoms with Crippen LogP contribution in [0.5, 0.6) is 0 Å². The van der Waals surface area contributed by atoms with E-state index in [1.807, 2.05) is 33.9 Å². The largest absolute Gasteiger partial charge is 0.474 e. The summed E-state index contributed by atoms with van der Waals surface area (Å²) in [7, 11) is -14.1. The van der Waals surface area contributed by atoms with Crippen molar-refractivity contribution >= 4 is 65.9 Å². The van der Waals surface area contributed by atoms with E-state index in [-0.39, 0.29) is 13.2 Å². The van der Waals surface area contributed by atoms with Crippen LogP contribution in [0.4, 0.5) is 4.79 Å². The molecule has 1 amide bonds. The number of amides is 1. The SMILES string of the molecule is CC(=O)O[C@@H]1[C@H](N=[N+]=[N-])[C@@H](OP(=O)(O)OC[C@H]2O[C@H](OP(=O)(O)OC[C@H]3O[C@H](OCCNC(=O)OCc4ccccc4)[C@@H](N=[N+]=[N-])[C@@H](OC(C)=O)[C@@H]3OC(C)=O)[C@@H](N=[N+]=[N-])[C@@H](OC(C)=O)[C@@H]2OC(C)=O)O[C@H](CO[Si](C)(C)C(C)(C)C)[C@H]1OC(C)=O.CCN(CC)CC.CCN(CC)CC. The molecule has 566 valence electrons. The summed E-state index contributed by atoms with van der Waals surface area (Å²) in [6.07, 6.45) is -23.6. The van der Waals surface area contributed by atoms with Gasteiger partial charge in [-0.15, -0.1) is 0 Å². The van der Waals surface area contributed by atoms with E-state index in [1.54, 1.807) is 30.3 Å². The van der Waals surface area contributed by atoms with E-state index in [0.29, 0.717) is 5.56 Å². The van der Waals surface area contributed by atoms with E-state index >= 15 is 0 Å². The monoisotopic (exact) mass is 1480 g/mol. The fraction of sp³-hybridized carbons (Fsp3) is 0.776. The molecule has 3 saturated heterocycles. The number of rotatable bonds is 34. The summed E-state index contributed by atoms with van der Waals surface area (Å²) in [6, 6.07) is 2.99. The number of ether oxygens (including phenoxy) is 11. The molecule has 0 radical (unpaired) electrons. The number of esters is 6. The predicted molar refractivity (Wildman–Crippen MR) is 352 cm³/mol. The zero-order valence-electron chi connectivity index (χ0n) is 59.4. The van der Waals surface area contributed by atoms with Gasteiger partial charge >= 0.3 is 57.6 Å². The minimum atomic E-state index is -5.77. The Bertz CT molecular complexity index is 3010. The number of benzene rings is 1. The molecule has 0 spiro atoms. The molecule has 3 fully saturated rings. The maximum atomic E-state index is 14.1. The lowest BCUT2D eigenvalue weighted by molar-refractivity contribution is -0.273. The van der Waals surface area contributed by atoms with Crippen LogP contribution < -0.4 is 5.32 Å². The number of hydrogen-bond donors (Lipinski definition) is 3. The zero-order chi connectivity index (χ0) is 75.7. The maximum Gasteiger partial charge on any atom is 0.474 e. The topological polar surface area (TPSA) is 507 Å². The van der Waals surface area contributed by atoms with Crippen molar-refractivity contribution in [1.29, 1.82) is 0 Å². The van der Waals surface area contributed by atoms with Crippen molar-refractivity contribution in [3.05, 3.63) is 67.2 Å². The molecule has 3 aliphatic rings. The number of phosphoric acid groups is 2. The van der Waals surface area contributed by atoms with Crippen LogP contribution in [0.3, 0.4) is 0 Å². The molecule has 39 nitrogen and oxygen atoms in total. The van der Waals surface area contributed by atoms with E-state index < -0.39 is 189 Å². The number of hydrogen-bond acceptors (Lipinski definition) is 30. The molecule has 3 aliphatic heterocycles. The molecular weight excluding hydrogens is 1390 g/mol. The molecule has 17 atom stereocenters. The van der Waals surface area contributed by atoms with Gasteiger partial charge in [-0.3, -0.25) is 46.9 Å². The van der Waals surface area contributed by atoms with Crippen molar-refractivity contribution in [3.63, 3.8) is 0 Å². The van der Waals surface area contributed by atoms with Gasteiger partial charge in [-0.05, 0) is 79.6 Å². The fourth-order valence-corrected chi connectivity index (χ4v) is 12.2. The van der Waals surface area contributed by atoms with Crippen molar-refractivity contribution in [2.24, 2.45) is 15.3 Å². The van der Waals surface area contributed by atoms with Crippen LogP contribution in [-0.4, -0.2) is 234 Å². The number of nitrogens with zero attached hydrogens (tertiary/aromatic N) is 11. The highest BCUT2D eigenvalue weighted by molar-refractivity contribution is 7.47. The number of carbonyl (C=O) groups is 7. The van der Waals surface area contributed by atoms with E-state index in [9.17, 15) is 69.1 Å². The highest BCUT2D eigenvalue weighted by Gasteiger charge is 2.57. The number of phosphoric ester groups is 2. The Balaban J connectivity index is 0.00000218. The average molecular weight is 1490 g/mol. The van der Waals surface area contributed by atoms with Gasteiger partial charge in [0, 0.05) is 62.8 Å². The third-order valence-electron chi connectivity index (χ3n) is 15.5. The Morgan fingerprint density at radius 1 is 0.540 bits per heavy atom. The lowest BCUT2D eigenvalue weighted by Crippen LogP contribution is -2.62. The van der Waals surface area contributed by atoms with Crippen LogP contribution in [0, 0.1) is 0 Å². The molecule has 3 heterocycles. The molecular formula is C58H98N12O27P2Si. The maximum absolute atomic E-state index is 14.1. The van der Waals surface area contributed by atoms with E-state index in [4.69, 9.17) is 74.6 Å². The number of carbonyl (C=O) groups excluding carboxylic acids is 7. The van der Waals surface area contributed by atoms with Crippen molar-refractivity contribution in [2.45, 2.75) is 221 Å². The van der Waals surface area contributed by atoms with Gasteiger partial charge < -0.3 is 81.4 Å². The summed E-state index contributed by atoms with van der Waals surface area (Å²) >= 11 is 0. The first kappa shape index (κ1) is 89.5. The van der Waals surface area contributed by atoms with Crippen molar-refractivity contribution < 1.29 is 127 Å². The Labute approximate surface area is 581 Å². The summed E-state index contributed by atoms with van der Waals surface area (Å²) in [5.74, 6) is -6.27. The van der Waals surface area contributed by atoms with Gasteiger partial charge in [-0.1, -0.05) is 108 Å². The molecule has 0 aromatic heterocycles. The summed E-state index contributed by atoms with van der Waals surface area (Å²) < 4.78 is 117. The minimum Gasteiger partial charge on any atom is -0.458 e. The molecule has 0 saturated carbocycles. The summed E-state index contributed by atoms with van der Waals surface area (Å²) in [4.78, 5) is 123. The molecule has 1 aromatic rings. The summed E-state index contributed by atoms with van der Waals surface area (Å²) in [6.45, 7) is 31.6. The quantitative estimate of drug-likeness (QED) is 0.00868. The average Bonchev–Trinajstić information content (AvgIpc) is 0.766. The molecule has 1 aromatic carbocycles. The molecule has 4 rings (SSSR count). The third-order valence-corrected chi connectivity index (χ3v) is 21.9. The van der Waals surface area contributed by atoms with Crippen LogP contribution in [-0.2, 0) is 119 Å². The van der Waals surface area contributed by atoms with Gasteiger partial charge in [0.1, 0.15) is 43.0 Å². The van der Waals surface area contributed by atoms with E-state index in [1.165, 1.54) is 39.3 Å². The number of alkyl carbamates (subject to hydrolysis) is 1. The first-order valence-corrected chi connectivity index (χ1v) is 37.9. The second-order valence-electron chi connectivity index (χ2n) is 23.6. The first-order chi connectivity index (χ1) is 46.9. The first-order valence-electron chi connectivity index (χ1n) is 32.0. The van der Waals surface area contributed by atoms with Gasteiger partial charge in [0.25, 0.3) is 0 Å². The van der Waals surface area contributed by atoms with Gasteiger partial charge in [-0.2, -0.15) is 0 Å². The third kappa shape index (κ3) is 30.9.